The molecule has 0 aliphatic carbocycles. The topological polar surface area (TPSA) is 102 Å². The number of aromatic nitrogens is 5. The van der Waals surface area contributed by atoms with Crippen molar-refractivity contribution in [3.8, 4) is 0 Å². The summed E-state index contributed by atoms with van der Waals surface area (Å²) in [5.74, 6) is 0.915. The Morgan fingerprint density at radius 3 is 2.92 bits per heavy atom. The molecular formula is C15H23N7O2. The lowest BCUT2D eigenvalue weighted by Gasteiger charge is -2.42. The van der Waals surface area contributed by atoms with Gasteiger partial charge in [-0.3, -0.25) is 4.79 Å². The van der Waals surface area contributed by atoms with E-state index in [0.29, 0.717) is 24.2 Å². The van der Waals surface area contributed by atoms with Gasteiger partial charge >= 0.3 is 6.01 Å². The molecule has 2 aromatic rings. The van der Waals surface area contributed by atoms with Crippen molar-refractivity contribution in [1.82, 2.24) is 30.3 Å². The van der Waals surface area contributed by atoms with E-state index in [0.717, 1.165) is 13.0 Å². The number of anilines is 1. The van der Waals surface area contributed by atoms with Gasteiger partial charge in [0.05, 0.1) is 12.1 Å². The first kappa shape index (κ1) is 16.4. The van der Waals surface area contributed by atoms with E-state index in [1.54, 1.807) is 0 Å². The summed E-state index contributed by atoms with van der Waals surface area (Å²) in [5.41, 5.74) is 0. The zero-order valence-electron chi connectivity index (χ0n) is 14.2. The molecule has 9 heteroatoms. The van der Waals surface area contributed by atoms with Crippen molar-refractivity contribution >= 4 is 11.9 Å². The lowest BCUT2D eigenvalue weighted by Crippen LogP contribution is -2.58. The molecule has 1 N–H and O–H groups in total. The van der Waals surface area contributed by atoms with Gasteiger partial charge in [0, 0.05) is 13.0 Å². The van der Waals surface area contributed by atoms with Crippen LogP contribution in [-0.4, -0.2) is 49.5 Å². The molecule has 1 amide bonds. The van der Waals surface area contributed by atoms with E-state index in [2.05, 4.69) is 44.3 Å². The summed E-state index contributed by atoms with van der Waals surface area (Å²) in [6.07, 6.45) is 4.61. The van der Waals surface area contributed by atoms with Crippen LogP contribution in [0.5, 0.6) is 0 Å². The van der Waals surface area contributed by atoms with Crippen LogP contribution < -0.4 is 10.2 Å². The molecule has 130 valence electrons. The van der Waals surface area contributed by atoms with Crippen molar-refractivity contribution in [2.24, 2.45) is 5.92 Å². The quantitative estimate of drug-likeness (QED) is 0.856. The van der Waals surface area contributed by atoms with E-state index in [9.17, 15) is 4.79 Å². The summed E-state index contributed by atoms with van der Waals surface area (Å²) in [6, 6.07) is 0.604. The third kappa shape index (κ3) is 3.39. The largest absolute Gasteiger partial charge is 0.408 e. The number of piperidine rings is 1. The summed E-state index contributed by atoms with van der Waals surface area (Å²) in [4.78, 5) is 18.2. The number of carbonyl (C=O) groups is 1. The van der Waals surface area contributed by atoms with Gasteiger partial charge < -0.3 is 14.6 Å². The Hall–Kier alpha value is -2.45. The second-order valence-corrected chi connectivity index (χ2v) is 6.22. The first-order valence-electron chi connectivity index (χ1n) is 8.29. The molecule has 3 heterocycles. The van der Waals surface area contributed by atoms with Crippen LogP contribution in [0, 0.1) is 5.92 Å². The molecule has 1 saturated heterocycles. The molecule has 24 heavy (non-hydrogen) atoms. The highest BCUT2D eigenvalue weighted by atomic mass is 16.4. The molecule has 3 unspecified atom stereocenters. The van der Waals surface area contributed by atoms with Gasteiger partial charge in [-0.15, -0.1) is 5.10 Å². The molecule has 1 fully saturated rings. The number of carbonyl (C=O) groups excluding carboxylic acids is 1. The summed E-state index contributed by atoms with van der Waals surface area (Å²) >= 11 is 0. The smallest absolute Gasteiger partial charge is 0.318 e. The highest BCUT2D eigenvalue weighted by Gasteiger charge is 2.36. The van der Waals surface area contributed by atoms with E-state index in [1.807, 2.05) is 6.92 Å². The summed E-state index contributed by atoms with van der Waals surface area (Å²) < 4.78 is 7.20. The fraction of sp³-hybridized carbons (Fsp3) is 0.667. The Morgan fingerprint density at radius 2 is 2.25 bits per heavy atom. The molecular weight excluding hydrogens is 310 g/mol. The zero-order valence-corrected chi connectivity index (χ0v) is 14.2. The van der Waals surface area contributed by atoms with Crippen molar-refractivity contribution in [3.05, 3.63) is 18.5 Å². The molecule has 0 bridgehead atoms. The van der Waals surface area contributed by atoms with E-state index >= 15 is 0 Å². The predicted octanol–water partition coefficient (Wildman–Crippen LogP) is 0.643. The average molecular weight is 333 g/mol. The third-order valence-electron chi connectivity index (χ3n) is 4.55. The minimum absolute atomic E-state index is 0.00625. The Morgan fingerprint density at radius 1 is 1.42 bits per heavy atom. The SMILES string of the molecule is CCc1nnc(N2CCC(C)C(NC(=O)Cn3cncn3)C2C)o1. The maximum absolute atomic E-state index is 12.3. The van der Waals surface area contributed by atoms with Crippen molar-refractivity contribution in [2.75, 3.05) is 11.4 Å². The maximum atomic E-state index is 12.3. The molecule has 0 radical (unpaired) electrons. The number of hydrogen-bond acceptors (Lipinski definition) is 7. The van der Waals surface area contributed by atoms with Gasteiger partial charge in [-0.2, -0.15) is 5.10 Å². The van der Waals surface area contributed by atoms with Gasteiger partial charge in [0.2, 0.25) is 11.8 Å². The first-order chi connectivity index (χ1) is 11.6. The summed E-state index contributed by atoms with van der Waals surface area (Å²) in [5, 5.41) is 15.3. The first-order valence-corrected chi connectivity index (χ1v) is 8.29. The number of nitrogens with one attached hydrogen (secondary N) is 1. The highest BCUT2D eigenvalue weighted by Crippen LogP contribution is 2.27. The Balaban J connectivity index is 1.68. The van der Waals surface area contributed by atoms with Crippen molar-refractivity contribution in [1.29, 1.82) is 0 Å². The lowest BCUT2D eigenvalue weighted by atomic mass is 9.87. The fourth-order valence-electron chi connectivity index (χ4n) is 3.12. The standard InChI is InChI=1S/C15H23N7O2/c1-4-13-19-20-15(24-13)22-6-5-10(2)14(11(22)3)18-12(23)7-21-9-16-8-17-21/h8-11,14H,4-7H2,1-3H3,(H,18,23). The van der Waals surface area contributed by atoms with Crippen LogP contribution in [0.15, 0.2) is 17.1 Å². The van der Waals surface area contributed by atoms with E-state index in [-0.39, 0.29) is 24.5 Å². The van der Waals surface area contributed by atoms with Crippen LogP contribution in [0.3, 0.4) is 0 Å². The van der Waals surface area contributed by atoms with Crippen molar-refractivity contribution in [3.63, 3.8) is 0 Å². The Labute approximate surface area is 140 Å². The zero-order chi connectivity index (χ0) is 17.1. The molecule has 0 aromatic carbocycles. The van der Waals surface area contributed by atoms with Gasteiger partial charge in [-0.1, -0.05) is 18.9 Å². The number of rotatable bonds is 5. The lowest BCUT2D eigenvalue weighted by molar-refractivity contribution is -0.123. The van der Waals surface area contributed by atoms with Crippen molar-refractivity contribution < 1.29 is 9.21 Å². The van der Waals surface area contributed by atoms with Gasteiger partial charge in [-0.05, 0) is 19.3 Å². The minimum atomic E-state index is -0.0779. The fourth-order valence-corrected chi connectivity index (χ4v) is 3.12. The van der Waals surface area contributed by atoms with Crippen LogP contribution in [0.2, 0.25) is 0 Å². The average Bonchev–Trinajstić information content (AvgIpc) is 3.23. The molecule has 0 saturated carbocycles. The van der Waals surface area contributed by atoms with E-state index in [4.69, 9.17) is 4.42 Å². The van der Waals surface area contributed by atoms with Crippen LogP contribution in [0.1, 0.15) is 33.1 Å². The van der Waals surface area contributed by atoms with Crippen LogP contribution in [0.4, 0.5) is 6.01 Å². The van der Waals surface area contributed by atoms with Gasteiger partial charge in [-0.25, -0.2) is 9.67 Å². The highest BCUT2D eigenvalue weighted by molar-refractivity contribution is 5.76. The number of amides is 1. The molecule has 1 aliphatic heterocycles. The Bertz CT molecular complexity index is 669. The second-order valence-electron chi connectivity index (χ2n) is 6.22. The van der Waals surface area contributed by atoms with E-state index in [1.165, 1.54) is 17.3 Å². The summed E-state index contributed by atoms with van der Waals surface area (Å²) in [7, 11) is 0. The van der Waals surface area contributed by atoms with Gasteiger partial charge in [0.25, 0.3) is 0 Å². The molecule has 2 aromatic heterocycles. The van der Waals surface area contributed by atoms with Gasteiger partial charge in [0.1, 0.15) is 19.2 Å². The van der Waals surface area contributed by atoms with Crippen LogP contribution in [-0.2, 0) is 17.8 Å². The molecule has 1 aliphatic rings. The van der Waals surface area contributed by atoms with Crippen LogP contribution >= 0.6 is 0 Å². The van der Waals surface area contributed by atoms with E-state index < -0.39 is 0 Å². The summed E-state index contributed by atoms with van der Waals surface area (Å²) in [6.45, 7) is 7.21. The molecule has 0 spiro atoms. The number of aryl methyl sites for hydroxylation is 1. The molecule has 9 nitrogen and oxygen atoms in total. The Kier molecular flexibility index (Phi) is 4.77. The molecule has 3 atom stereocenters. The molecule has 3 rings (SSSR count). The normalized spacial score (nSPS) is 24.1. The predicted molar refractivity (Wildman–Crippen MR) is 86.2 cm³/mol. The second kappa shape index (κ2) is 6.98. The minimum Gasteiger partial charge on any atom is -0.408 e. The van der Waals surface area contributed by atoms with Gasteiger partial charge in [0.15, 0.2) is 0 Å². The monoisotopic (exact) mass is 333 g/mol. The third-order valence-corrected chi connectivity index (χ3v) is 4.55. The maximum Gasteiger partial charge on any atom is 0.318 e. The van der Waals surface area contributed by atoms with Crippen LogP contribution in [0.25, 0.3) is 0 Å². The van der Waals surface area contributed by atoms with Crippen molar-refractivity contribution in [2.45, 2.75) is 52.2 Å². The number of nitrogens with zero attached hydrogens (tertiary/aromatic N) is 6. The number of hydrogen-bond donors (Lipinski definition) is 1.